The van der Waals surface area contributed by atoms with E-state index in [-0.39, 0.29) is 42.7 Å². The summed E-state index contributed by atoms with van der Waals surface area (Å²) in [5.41, 5.74) is 5.87. The molecule has 2 N–H and O–H groups in total. The molecule has 0 fully saturated rings. The van der Waals surface area contributed by atoms with Gasteiger partial charge < -0.3 is 9.26 Å². The zero-order valence-electron chi connectivity index (χ0n) is 21.9. The van der Waals surface area contributed by atoms with Crippen molar-refractivity contribution in [1.82, 2.24) is 0 Å². The molecule has 2 aromatic rings. The van der Waals surface area contributed by atoms with Gasteiger partial charge in [0.2, 0.25) is 0 Å². The minimum Gasteiger partial charge on any atom is -0.644 e. The summed E-state index contributed by atoms with van der Waals surface area (Å²) in [5, 5.41) is 0. The van der Waals surface area contributed by atoms with Crippen LogP contribution in [-0.2, 0) is 21.7 Å². The Balaban J connectivity index is 0.00000480. The van der Waals surface area contributed by atoms with Gasteiger partial charge in [-0.15, -0.1) is 0 Å². The van der Waals surface area contributed by atoms with Crippen LogP contribution in [0.5, 0.6) is 5.75 Å². The first-order valence-corrected chi connectivity index (χ1v) is 12.3. The molecule has 0 aliphatic carbocycles. The van der Waals surface area contributed by atoms with Gasteiger partial charge in [-0.1, -0.05) is 123 Å². The maximum absolute atomic E-state index is 6.56. The minimum absolute atomic E-state index is 0. The second-order valence-corrected chi connectivity index (χ2v) is 13.8. The molecule has 0 saturated heterocycles. The van der Waals surface area contributed by atoms with Gasteiger partial charge in [0.1, 0.15) is 0 Å². The third-order valence-electron chi connectivity index (χ3n) is 5.69. The standard InChI is InChI=1S/C14H22O.C14H21.Al.H2O/c1-13(2,3)10-7-8-12(15)11(9-10)14(4,5)6;1-13(2,3)11-8-7-9-12(10-11)14(4,5)6;;/h7-9,15H,1-6H3;7-8,10H,1-6H3;;1H2/q;;+1;/p-1. The third-order valence-corrected chi connectivity index (χ3v) is 6.82. The highest BCUT2D eigenvalue weighted by atomic mass is 27.1. The zero-order valence-corrected chi connectivity index (χ0v) is 23.1. The highest BCUT2D eigenvalue weighted by Crippen LogP contribution is 2.35. The molecule has 0 saturated carbocycles. The van der Waals surface area contributed by atoms with Crippen LogP contribution in [0.2, 0.25) is 0 Å². The summed E-state index contributed by atoms with van der Waals surface area (Å²) in [6, 6.07) is 13.8. The molecular weight excluding hydrogens is 395 g/mol. The van der Waals surface area contributed by atoms with Crippen molar-refractivity contribution in [3.63, 3.8) is 0 Å². The van der Waals surface area contributed by atoms with Crippen LogP contribution in [0.3, 0.4) is 0 Å². The van der Waals surface area contributed by atoms with Gasteiger partial charge in [0.25, 0.3) is 0 Å². The van der Waals surface area contributed by atoms with E-state index in [0.29, 0.717) is 0 Å². The predicted octanol–water partition coefficient (Wildman–Crippen LogP) is 6.38. The van der Waals surface area contributed by atoms with Crippen molar-refractivity contribution >= 4 is 20.0 Å². The molecule has 0 spiro atoms. The van der Waals surface area contributed by atoms with E-state index >= 15 is 0 Å². The van der Waals surface area contributed by atoms with E-state index in [1.807, 2.05) is 0 Å². The van der Waals surface area contributed by atoms with Crippen molar-refractivity contribution in [1.29, 1.82) is 0 Å². The van der Waals surface area contributed by atoms with Gasteiger partial charge in [0.05, 0.1) is 5.75 Å². The summed E-state index contributed by atoms with van der Waals surface area (Å²) < 4.78 is 7.92. The maximum Gasteiger partial charge on any atom is 0.570 e. The van der Waals surface area contributed by atoms with E-state index < -0.39 is 0 Å². The van der Waals surface area contributed by atoms with Gasteiger partial charge in [-0.25, -0.2) is 0 Å². The summed E-state index contributed by atoms with van der Waals surface area (Å²) in [5.74, 6) is 1.03. The van der Waals surface area contributed by atoms with Crippen molar-refractivity contribution in [2.75, 3.05) is 0 Å². The summed E-state index contributed by atoms with van der Waals surface area (Å²) in [7, 11) is 0. The van der Waals surface area contributed by atoms with E-state index in [4.69, 9.17) is 3.79 Å². The molecule has 3 heteroatoms. The Morgan fingerprint density at radius 2 is 0.968 bits per heavy atom. The van der Waals surface area contributed by atoms with Crippen LogP contribution in [0.1, 0.15) is 105 Å². The molecule has 0 amide bonds. The Morgan fingerprint density at radius 1 is 0.548 bits per heavy atom. The topological polar surface area (TPSA) is 40.7 Å². The smallest absolute Gasteiger partial charge is 0.570 e. The van der Waals surface area contributed by atoms with Crippen LogP contribution in [0.4, 0.5) is 0 Å². The van der Waals surface area contributed by atoms with Gasteiger partial charge in [-0.05, 0) is 44.4 Å². The van der Waals surface area contributed by atoms with Gasteiger partial charge in [0, 0.05) is 0 Å². The van der Waals surface area contributed by atoms with Gasteiger partial charge in [-0.2, -0.15) is 0 Å². The Morgan fingerprint density at radius 3 is 1.39 bits per heavy atom. The lowest BCUT2D eigenvalue weighted by atomic mass is 9.80. The second kappa shape index (κ2) is 9.30. The Kier molecular flexibility index (Phi) is 8.33. The predicted molar refractivity (Wildman–Crippen MR) is 137 cm³/mol. The van der Waals surface area contributed by atoms with Crippen molar-refractivity contribution in [2.24, 2.45) is 0 Å². The zero-order chi connectivity index (χ0) is 23.1. The molecule has 0 aliphatic heterocycles. The highest BCUT2D eigenvalue weighted by Gasteiger charge is 2.26. The number of rotatable bonds is 3. The van der Waals surface area contributed by atoms with Crippen molar-refractivity contribution < 1.29 is 9.26 Å². The van der Waals surface area contributed by atoms with Crippen molar-refractivity contribution in [3.05, 3.63) is 58.7 Å². The van der Waals surface area contributed by atoms with E-state index in [2.05, 4.69) is 119 Å². The first kappa shape index (κ1) is 27.8. The summed E-state index contributed by atoms with van der Waals surface area (Å²) in [4.78, 5) is 0. The molecule has 1 radical (unpaired) electrons. The third kappa shape index (κ3) is 7.11. The van der Waals surface area contributed by atoms with Crippen LogP contribution in [0, 0.1) is 0 Å². The number of benzene rings is 2. The van der Waals surface area contributed by atoms with Crippen molar-refractivity contribution in [3.8, 4) is 5.75 Å². The first-order valence-electron chi connectivity index (χ1n) is 11.2. The Hall–Kier alpha value is -1.27. The maximum atomic E-state index is 6.56. The van der Waals surface area contributed by atoms with Crippen LogP contribution in [0.25, 0.3) is 0 Å². The molecule has 2 nitrogen and oxygen atoms in total. The molecule has 2 rings (SSSR count). The molecule has 0 bridgehead atoms. The molecule has 0 atom stereocenters. The van der Waals surface area contributed by atoms with E-state index in [9.17, 15) is 0 Å². The fraction of sp³-hybridized carbons (Fsp3) is 0.571. The Bertz CT molecular complexity index is 810. The minimum atomic E-state index is -0.306. The van der Waals surface area contributed by atoms with Gasteiger partial charge >= 0.3 is 15.6 Å². The lowest BCUT2D eigenvalue weighted by Gasteiger charge is -2.29. The Labute approximate surface area is 198 Å². The van der Waals surface area contributed by atoms with Gasteiger partial charge in [-0.3, -0.25) is 0 Å². The summed E-state index contributed by atoms with van der Waals surface area (Å²) in [6.45, 7) is 27.4. The second-order valence-electron chi connectivity index (χ2n) is 12.7. The SMILES string of the molecule is CC(C)(C)c1ccc([O][Al][c]2ccc(C(C)(C)C)cc2C(C)(C)C)c(C(C)(C)C)c1.O. The molecule has 0 unspecified atom stereocenters. The molecule has 0 heterocycles. The summed E-state index contributed by atoms with van der Waals surface area (Å²) in [6.07, 6.45) is 0. The average molecular weight is 440 g/mol. The van der Waals surface area contributed by atoms with E-state index in [0.717, 1.165) is 5.75 Å². The first-order chi connectivity index (χ1) is 13.4. The molecule has 2 aromatic carbocycles. The fourth-order valence-corrected chi connectivity index (χ4v) is 4.86. The number of hydrogen-bond donors (Lipinski definition) is 0. The molecule has 0 aromatic heterocycles. The van der Waals surface area contributed by atoms with Crippen molar-refractivity contribution in [2.45, 2.75) is 105 Å². The molecule has 31 heavy (non-hydrogen) atoms. The molecule has 171 valence electrons. The lowest BCUT2D eigenvalue weighted by molar-refractivity contribution is 0.522. The van der Waals surface area contributed by atoms with E-state index in [1.54, 1.807) is 0 Å². The van der Waals surface area contributed by atoms with Crippen LogP contribution < -0.4 is 8.21 Å². The fourth-order valence-electron chi connectivity index (χ4n) is 3.59. The summed E-state index contributed by atoms with van der Waals surface area (Å²) >= 11 is -0.306. The lowest BCUT2D eigenvalue weighted by Crippen LogP contribution is -2.32. The van der Waals surface area contributed by atoms with Gasteiger partial charge in [0.15, 0.2) is 0 Å². The monoisotopic (exact) mass is 439 g/mol. The largest absolute Gasteiger partial charge is 0.644 e. The molecular formula is C28H44AlO2. The normalized spacial score (nSPS) is 12.9. The quantitative estimate of drug-likeness (QED) is 0.512. The van der Waals surface area contributed by atoms with E-state index in [1.165, 1.54) is 26.7 Å². The number of hydrogen-bond acceptors (Lipinski definition) is 1. The van der Waals surface area contributed by atoms with Crippen LogP contribution >= 0.6 is 0 Å². The molecule has 0 aliphatic rings. The highest BCUT2D eigenvalue weighted by molar-refractivity contribution is 6.48. The van der Waals surface area contributed by atoms with Crippen LogP contribution in [-0.4, -0.2) is 21.0 Å². The van der Waals surface area contributed by atoms with Crippen LogP contribution in [0.15, 0.2) is 36.4 Å². The average Bonchev–Trinajstić information content (AvgIpc) is 2.56.